The van der Waals surface area contributed by atoms with Gasteiger partial charge in [0, 0.05) is 6.04 Å². The molecule has 1 aliphatic rings. The number of carbonyl (C=O) groups excluding carboxylic acids is 4. The first kappa shape index (κ1) is 20.3. The molecule has 7 heteroatoms. The first-order chi connectivity index (χ1) is 14.0. The van der Waals surface area contributed by atoms with Gasteiger partial charge in [0.15, 0.2) is 6.61 Å². The minimum Gasteiger partial charge on any atom is -0.454 e. The lowest BCUT2D eigenvalue weighted by Gasteiger charge is -2.15. The molecular formula is C22H22N2O5. The van der Waals surface area contributed by atoms with Crippen LogP contribution in [0.15, 0.2) is 54.6 Å². The molecule has 1 atom stereocenters. The van der Waals surface area contributed by atoms with Crippen molar-refractivity contribution in [3.05, 3.63) is 71.3 Å². The largest absolute Gasteiger partial charge is 0.454 e. The van der Waals surface area contributed by atoms with Crippen molar-refractivity contribution in [3.8, 4) is 0 Å². The molecule has 0 saturated carbocycles. The lowest BCUT2D eigenvalue weighted by Crippen LogP contribution is -2.39. The number of aryl methyl sites for hydroxylation is 1. The monoisotopic (exact) mass is 394 g/mol. The molecule has 1 heterocycles. The van der Waals surface area contributed by atoms with Crippen LogP contribution in [-0.2, 0) is 20.7 Å². The zero-order chi connectivity index (χ0) is 20.8. The number of nitrogens with zero attached hydrogens (tertiary/aromatic N) is 1. The van der Waals surface area contributed by atoms with E-state index in [-0.39, 0.29) is 17.2 Å². The summed E-state index contributed by atoms with van der Waals surface area (Å²) in [5, 5.41) is 2.77. The van der Waals surface area contributed by atoms with Crippen LogP contribution in [0.1, 0.15) is 39.6 Å². The Hall–Kier alpha value is -3.48. The fraction of sp³-hybridized carbons (Fsp3) is 0.273. The van der Waals surface area contributed by atoms with Gasteiger partial charge in [-0.3, -0.25) is 24.1 Å². The predicted molar refractivity (Wildman–Crippen MR) is 105 cm³/mol. The highest BCUT2D eigenvalue weighted by atomic mass is 16.5. The first-order valence-electron chi connectivity index (χ1n) is 9.40. The average molecular weight is 394 g/mol. The van der Waals surface area contributed by atoms with Crippen molar-refractivity contribution in [2.75, 3.05) is 13.2 Å². The van der Waals surface area contributed by atoms with Crippen LogP contribution < -0.4 is 5.32 Å². The van der Waals surface area contributed by atoms with Crippen molar-refractivity contribution in [3.63, 3.8) is 0 Å². The molecule has 29 heavy (non-hydrogen) atoms. The molecule has 0 aromatic heterocycles. The van der Waals surface area contributed by atoms with Crippen molar-refractivity contribution in [1.29, 1.82) is 0 Å². The Balaban J connectivity index is 1.41. The van der Waals surface area contributed by atoms with Crippen molar-refractivity contribution >= 4 is 23.7 Å². The maximum absolute atomic E-state index is 12.2. The summed E-state index contributed by atoms with van der Waals surface area (Å²) < 4.78 is 4.93. The summed E-state index contributed by atoms with van der Waals surface area (Å²) in [5.74, 6) is -2.32. The lowest BCUT2D eigenvalue weighted by atomic mass is 10.1. The van der Waals surface area contributed by atoms with Gasteiger partial charge in [-0.1, -0.05) is 42.5 Å². The van der Waals surface area contributed by atoms with E-state index in [4.69, 9.17) is 4.74 Å². The number of ether oxygens (including phenoxy) is 1. The van der Waals surface area contributed by atoms with E-state index in [0.29, 0.717) is 0 Å². The second kappa shape index (κ2) is 9.14. The van der Waals surface area contributed by atoms with Crippen LogP contribution >= 0.6 is 0 Å². The van der Waals surface area contributed by atoms with E-state index in [1.165, 1.54) is 17.7 Å². The maximum Gasteiger partial charge on any atom is 0.326 e. The van der Waals surface area contributed by atoms with E-state index in [0.717, 1.165) is 17.7 Å². The first-order valence-corrected chi connectivity index (χ1v) is 9.40. The number of esters is 1. The molecule has 0 aliphatic carbocycles. The molecular weight excluding hydrogens is 372 g/mol. The Morgan fingerprint density at radius 3 is 2.17 bits per heavy atom. The smallest absolute Gasteiger partial charge is 0.326 e. The van der Waals surface area contributed by atoms with Crippen LogP contribution in [-0.4, -0.2) is 47.8 Å². The Morgan fingerprint density at radius 1 is 0.966 bits per heavy atom. The normalized spacial score (nSPS) is 13.8. The molecule has 0 unspecified atom stereocenters. The molecule has 7 nitrogen and oxygen atoms in total. The van der Waals surface area contributed by atoms with Gasteiger partial charge in [0.1, 0.15) is 6.54 Å². The standard InChI is InChI=1S/C22H22N2O5/c1-15(11-12-16-7-3-2-4-8-16)23-19(25)14-29-20(26)13-24-21(27)17-9-5-6-10-18(17)22(24)28/h2-10,15H,11-14H2,1H3,(H,23,25)/t15-/m1/s1. The number of imide groups is 1. The number of amides is 3. The van der Waals surface area contributed by atoms with Crippen LogP contribution in [0.5, 0.6) is 0 Å². The van der Waals surface area contributed by atoms with Crippen LogP contribution in [0.3, 0.4) is 0 Å². The number of rotatable bonds is 8. The average Bonchev–Trinajstić information content (AvgIpc) is 2.97. The lowest BCUT2D eigenvalue weighted by molar-refractivity contribution is -0.148. The molecule has 0 spiro atoms. The third-order valence-electron chi connectivity index (χ3n) is 4.65. The second-order valence-corrected chi connectivity index (χ2v) is 6.90. The highest BCUT2D eigenvalue weighted by molar-refractivity contribution is 6.22. The summed E-state index contributed by atoms with van der Waals surface area (Å²) in [7, 11) is 0. The van der Waals surface area contributed by atoms with E-state index in [2.05, 4.69) is 5.32 Å². The topological polar surface area (TPSA) is 92.8 Å². The van der Waals surface area contributed by atoms with Gasteiger partial charge in [0.2, 0.25) is 0 Å². The maximum atomic E-state index is 12.2. The molecule has 0 saturated heterocycles. The predicted octanol–water partition coefficient (Wildman–Crippen LogP) is 1.96. The van der Waals surface area contributed by atoms with E-state index in [1.807, 2.05) is 37.3 Å². The van der Waals surface area contributed by atoms with Crippen molar-refractivity contribution < 1.29 is 23.9 Å². The third-order valence-corrected chi connectivity index (χ3v) is 4.65. The van der Waals surface area contributed by atoms with Crippen molar-refractivity contribution in [2.45, 2.75) is 25.8 Å². The molecule has 2 aromatic carbocycles. The zero-order valence-electron chi connectivity index (χ0n) is 16.1. The van der Waals surface area contributed by atoms with Gasteiger partial charge < -0.3 is 10.1 Å². The van der Waals surface area contributed by atoms with Crippen LogP contribution in [0.2, 0.25) is 0 Å². The molecule has 3 rings (SSSR count). The molecule has 1 N–H and O–H groups in total. The SMILES string of the molecule is C[C@H](CCc1ccccc1)NC(=O)COC(=O)CN1C(=O)c2ccccc2C1=O. The van der Waals surface area contributed by atoms with Gasteiger partial charge in [-0.2, -0.15) is 0 Å². The molecule has 3 amide bonds. The number of fused-ring (bicyclic) bond motifs is 1. The summed E-state index contributed by atoms with van der Waals surface area (Å²) in [4.78, 5) is 49.3. The number of nitrogens with one attached hydrogen (secondary N) is 1. The molecule has 0 radical (unpaired) electrons. The van der Waals surface area contributed by atoms with Gasteiger partial charge in [0.05, 0.1) is 11.1 Å². The highest BCUT2D eigenvalue weighted by Crippen LogP contribution is 2.22. The molecule has 150 valence electrons. The molecule has 2 aromatic rings. The van der Waals surface area contributed by atoms with Crippen LogP contribution in [0, 0.1) is 0 Å². The highest BCUT2D eigenvalue weighted by Gasteiger charge is 2.36. The Bertz CT molecular complexity index is 891. The Morgan fingerprint density at radius 2 is 1.55 bits per heavy atom. The Kier molecular flexibility index (Phi) is 6.39. The zero-order valence-corrected chi connectivity index (χ0v) is 16.1. The summed E-state index contributed by atoms with van der Waals surface area (Å²) in [6.45, 7) is 0.891. The van der Waals surface area contributed by atoms with Gasteiger partial charge in [-0.05, 0) is 37.5 Å². The summed E-state index contributed by atoms with van der Waals surface area (Å²) in [6.07, 6.45) is 1.57. The summed E-state index contributed by atoms with van der Waals surface area (Å²) >= 11 is 0. The molecule has 0 fully saturated rings. The molecule has 1 aliphatic heterocycles. The van der Waals surface area contributed by atoms with Crippen LogP contribution in [0.25, 0.3) is 0 Å². The van der Waals surface area contributed by atoms with E-state index in [9.17, 15) is 19.2 Å². The number of benzene rings is 2. The van der Waals surface area contributed by atoms with Gasteiger partial charge in [-0.25, -0.2) is 0 Å². The van der Waals surface area contributed by atoms with Gasteiger partial charge >= 0.3 is 5.97 Å². The van der Waals surface area contributed by atoms with Crippen molar-refractivity contribution in [2.24, 2.45) is 0 Å². The van der Waals surface area contributed by atoms with Gasteiger partial charge in [-0.15, -0.1) is 0 Å². The fourth-order valence-electron chi connectivity index (χ4n) is 3.12. The van der Waals surface area contributed by atoms with Crippen molar-refractivity contribution in [1.82, 2.24) is 10.2 Å². The van der Waals surface area contributed by atoms with E-state index >= 15 is 0 Å². The third kappa shape index (κ3) is 5.07. The summed E-state index contributed by atoms with van der Waals surface area (Å²) in [6, 6.07) is 16.2. The quantitative estimate of drug-likeness (QED) is 0.546. The van der Waals surface area contributed by atoms with E-state index in [1.54, 1.807) is 12.1 Å². The van der Waals surface area contributed by atoms with Crippen LogP contribution in [0.4, 0.5) is 0 Å². The number of hydrogen-bond donors (Lipinski definition) is 1. The summed E-state index contributed by atoms with van der Waals surface area (Å²) in [5.41, 5.74) is 1.70. The minimum atomic E-state index is -0.813. The fourth-order valence-corrected chi connectivity index (χ4v) is 3.12. The minimum absolute atomic E-state index is 0.0855. The van der Waals surface area contributed by atoms with E-state index < -0.39 is 36.8 Å². The second-order valence-electron chi connectivity index (χ2n) is 6.90. The Labute approximate surface area is 168 Å². The molecule has 0 bridgehead atoms. The van der Waals surface area contributed by atoms with Gasteiger partial charge in [0.25, 0.3) is 17.7 Å². The number of carbonyl (C=O) groups is 4. The number of hydrogen-bond acceptors (Lipinski definition) is 5.